The lowest BCUT2D eigenvalue weighted by molar-refractivity contribution is -0.137. The van der Waals surface area contributed by atoms with Crippen LogP contribution in [0.3, 0.4) is 0 Å². The maximum atomic E-state index is 11.1. The molecule has 0 aliphatic carbocycles. The van der Waals surface area contributed by atoms with Crippen LogP contribution >= 0.6 is 0 Å². The van der Waals surface area contributed by atoms with Crippen molar-refractivity contribution in [3.63, 3.8) is 0 Å². The number of carbonyl (C=O) groups is 2. The Hall–Kier alpha value is -1.14. The molecule has 6 heteroatoms. The third-order valence-corrected chi connectivity index (χ3v) is 1.41. The molecule has 0 saturated heterocycles. The highest BCUT2D eigenvalue weighted by atomic mass is 16.7. The molecule has 0 aliphatic rings. The van der Waals surface area contributed by atoms with Crippen molar-refractivity contribution in [3.8, 4) is 0 Å². The van der Waals surface area contributed by atoms with E-state index in [0.717, 1.165) is 0 Å². The van der Waals surface area contributed by atoms with Crippen LogP contribution in [0.4, 0.5) is 0 Å². The van der Waals surface area contributed by atoms with Crippen molar-refractivity contribution in [3.05, 3.63) is 0 Å². The van der Waals surface area contributed by atoms with Gasteiger partial charge in [0, 0.05) is 18.5 Å². The molecule has 0 fully saturated rings. The smallest absolute Gasteiger partial charge is 0.246 e. The van der Waals surface area contributed by atoms with Crippen molar-refractivity contribution < 1.29 is 14.4 Å². The fourth-order valence-electron chi connectivity index (χ4n) is 0.790. The maximum absolute atomic E-state index is 11.1. The van der Waals surface area contributed by atoms with Crippen LogP contribution in [-0.2, 0) is 14.4 Å². The molecule has 0 atom stereocenters. The fraction of sp³-hybridized carbons (Fsp3) is 0.778. The second-order valence-corrected chi connectivity index (χ2v) is 4.21. The van der Waals surface area contributed by atoms with Crippen LogP contribution < -0.4 is 16.5 Å². The molecule has 0 bridgehead atoms. The Bertz CT molecular complexity index is 223. The molecule has 0 rings (SSSR count). The van der Waals surface area contributed by atoms with E-state index in [0.29, 0.717) is 6.54 Å². The molecule has 2 amide bonds. The summed E-state index contributed by atoms with van der Waals surface area (Å²) < 4.78 is 0. The fourth-order valence-corrected chi connectivity index (χ4v) is 0.790. The number of nitrogens with one attached hydrogen (secondary N) is 2. The van der Waals surface area contributed by atoms with E-state index in [4.69, 9.17) is 5.73 Å². The normalized spacial score (nSPS) is 11.1. The average Bonchev–Trinajstić information content (AvgIpc) is 2.00. The van der Waals surface area contributed by atoms with Gasteiger partial charge < -0.3 is 11.1 Å². The summed E-state index contributed by atoms with van der Waals surface area (Å²) in [7, 11) is 0. The Morgan fingerprint density at radius 3 is 2.40 bits per heavy atom. The molecule has 0 unspecified atom stereocenters. The van der Waals surface area contributed by atoms with E-state index < -0.39 is 5.91 Å². The standard InChI is InChI=1S/C9H19N3O3/c1-9(2,3)11-5-4-8(14)12-15-6-7(10)13/h11H,4-6H2,1-3H3,(H2,10,13)(H,12,14). The van der Waals surface area contributed by atoms with Gasteiger partial charge in [-0.2, -0.15) is 0 Å². The lowest BCUT2D eigenvalue weighted by Crippen LogP contribution is -2.38. The largest absolute Gasteiger partial charge is 0.368 e. The molecular formula is C9H19N3O3. The Labute approximate surface area is 89.5 Å². The number of hydrogen-bond donors (Lipinski definition) is 3. The van der Waals surface area contributed by atoms with E-state index in [1.807, 2.05) is 20.8 Å². The predicted molar refractivity (Wildman–Crippen MR) is 55.7 cm³/mol. The Morgan fingerprint density at radius 2 is 1.93 bits per heavy atom. The van der Waals surface area contributed by atoms with Gasteiger partial charge in [0.1, 0.15) is 0 Å². The Balaban J connectivity index is 3.46. The summed E-state index contributed by atoms with van der Waals surface area (Å²) in [5.74, 6) is -0.906. The number of hydrogen-bond acceptors (Lipinski definition) is 4. The van der Waals surface area contributed by atoms with Crippen LogP contribution in [0.2, 0.25) is 0 Å². The number of amides is 2. The van der Waals surface area contributed by atoms with E-state index in [2.05, 4.69) is 15.6 Å². The van der Waals surface area contributed by atoms with Gasteiger partial charge in [-0.1, -0.05) is 0 Å². The minimum Gasteiger partial charge on any atom is -0.368 e. The van der Waals surface area contributed by atoms with Crippen LogP contribution in [0.5, 0.6) is 0 Å². The molecule has 0 aromatic rings. The molecule has 0 aromatic carbocycles. The third kappa shape index (κ3) is 10.8. The zero-order chi connectivity index (χ0) is 11.9. The van der Waals surface area contributed by atoms with Crippen LogP contribution in [0.25, 0.3) is 0 Å². The molecule has 4 N–H and O–H groups in total. The summed E-state index contributed by atoms with van der Waals surface area (Å²) in [6.07, 6.45) is 0.288. The van der Waals surface area contributed by atoms with Crippen LogP contribution in [0.15, 0.2) is 0 Å². The first kappa shape index (κ1) is 13.9. The highest BCUT2D eigenvalue weighted by Crippen LogP contribution is 1.97. The second kappa shape index (κ2) is 6.36. The number of nitrogens with two attached hydrogens (primary N) is 1. The van der Waals surface area contributed by atoms with Gasteiger partial charge in [-0.15, -0.1) is 0 Å². The van der Waals surface area contributed by atoms with E-state index >= 15 is 0 Å². The summed E-state index contributed by atoms with van der Waals surface area (Å²) in [4.78, 5) is 25.9. The topological polar surface area (TPSA) is 93.4 Å². The quantitative estimate of drug-likeness (QED) is 0.513. The average molecular weight is 217 g/mol. The van der Waals surface area contributed by atoms with Crippen LogP contribution in [0.1, 0.15) is 27.2 Å². The van der Waals surface area contributed by atoms with Crippen LogP contribution in [-0.4, -0.2) is 30.5 Å². The van der Waals surface area contributed by atoms with E-state index in [1.54, 1.807) is 0 Å². The van der Waals surface area contributed by atoms with Gasteiger partial charge in [0.15, 0.2) is 6.61 Å². The molecule has 6 nitrogen and oxygen atoms in total. The minimum absolute atomic E-state index is 0.0195. The molecule has 0 radical (unpaired) electrons. The van der Waals surface area contributed by atoms with E-state index in [-0.39, 0.29) is 24.5 Å². The molecule has 88 valence electrons. The summed E-state index contributed by atoms with van der Waals surface area (Å²) in [5, 5.41) is 3.14. The number of rotatable bonds is 6. The molecule has 15 heavy (non-hydrogen) atoms. The Morgan fingerprint density at radius 1 is 1.33 bits per heavy atom. The van der Waals surface area contributed by atoms with Crippen molar-refractivity contribution in [2.75, 3.05) is 13.2 Å². The summed E-state index contributed by atoms with van der Waals surface area (Å²) in [5.41, 5.74) is 6.91. The summed E-state index contributed by atoms with van der Waals surface area (Å²) in [6.45, 7) is 6.27. The van der Waals surface area contributed by atoms with Gasteiger partial charge in [0.05, 0.1) is 0 Å². The van der Waals surface area contributed by atoms with Gasteiger partial charge in [0.2, 0.25) is 11.8 Å². The maximum Gasteiger partial charge on any atom is 0.246 e. The lowest BCUT2D eigenvalue weighted by Gasteiger charge is -2.20. The van der Waals surface area contributed by atoms with E-state index in [1.165, 1.54) is 0 Å². The highest BCUT2D eigenvalue weighted by Gasteiger charge is 2.09. The van der Waals surface area contributed by atoms with Crippen molar-refractivity contribution in [2.24, 2.45) is 5.73 Å². The number of primary amides is 1. The highest BCUT2D eigenvalue weighted by molar-refractivity contribution is 5.77. The minimum atomic E-state index is -0.622. The zero-order valence-corrected chi connectivity index (χ0v) is 9.42. The van der Waals surface area contributed by atoms with Crippen molar-refractivity contribution in [2.45, 2.75) is 32.7 Å². The number of hydroxylamine groups is 1. The summed E-state index contributed by atoms with van der Waals surface area (Å²) >= 11 is 0. The van der Waals surface area contributed by atoms with Gasteiger partial charge in [0.25, 0.3) is 0 Å². The first-order chi connectivity index (χ1) is 6.81. The van der Waals surface area contributed by atoms with Gasteiger partial charge in [-0.3, -0.25) is 14.4 Å². The van der Waals surface area contributed by atoms with Crippen molar-refractivity contribution in [1.29, 1.82) is 0 Å². The first-order valence-electron chi connectivity index (χ1n) is 4.75. The second-order valence-electron chi connectivity index (χ2n) is 4.21. The van der Waals surface area contributed by atoms with Gasteiger partial charge in [-0.05, 0) is 20.8 Å². The SMILES string of the molecule is CC(C)(C)NCCC(=O)NOCC(N)=O. The van der Waals surface area contributed by atoms with Crippen LogP contribution in [0, 0.1) is 0 Å². The van der Waals surface area contributed by atoms with Gasteiger partial charge >= 0.3 is 0 Å². The van der Waals surface area contributed by atoms with Crippen molar-refractivity contribution in [1.82, 2.24) is 10.8 Å². The molecular weight excluding hydrogens is 198 g/mol. The predicted octanol–water partition coefficient (Wildman–Crippen LogP) is -0.702. The van der Waals surface area contributed by atoms with Gasteiger partial charge in [-0.25, -0.2) is 5.48 Å². The molecule has 0 spiro atoms. The zero-order valence-electron chi connectivity index (χ0n) is 9.42. The van der Waals surface area contributed by atoms with Crippen molar-refractivity contribution >= 4 is 11.8 Å². The molecule has 0 heterocycles. The third-order valence-electron chi connectivity index (χ3n) is 1.41. The lowest BCUT2D eigenvalue weighted by atomic mass is 10.1. The monoisotopic (exact) mass is 217 g/mol. The summed E-state index contributed by atoms with van der Waals surface area (Å²) in [6, 6.07) is 0. The number of carbonyl (C=O) groups excluding carboxylic acids is 2. The first-order valence-corrected chi connectivity index (χ1v) is 4.75. The Kier molecular flexibility index (Phi) is 5.88. The van der Waals surface area contributed by atoms with E-state index in [9.17, 15) is 9.59 Å². The molecule has 0 aliphatic heterocycles. The molecule has 0 saturated carbocycles. The molecule has 0 aromatic heterocycles.